The second-order valence-corrected chi connectivity index (χ2v) is 15.7. The van der Waals surface area contributed by atoms with Crippen LogP contribution < -0.4 is 0 Å². The Kier molecular flexibility index (Phi) is 5.93. The maximum atomic E-state index is 6.48. The normalized spacial score (nSPS) is 18.5. The van der Waals surface area contributed by atoms with Crippen LogP contribution in [0.25, 0.3) is 17.2 Å². The van der Waals surface area contributed by atoms with Crippen LogP contribution in [0.4, 0.5) is 0 Å². The Morgan fingerprint density at radius 2 is 1.14 bits per heavy atom. The summed E-state index contributed by atoms with van der Waals surface area (Å²) in [5.74, 6) is 0. The molecule has 3 aromatic rings. The molecule has 0 saturated heterocycles. The van der Waals surface area contributed by atoms with Crippen molar-refractivity contribution in [3.8, 4) is 11.1 Å². The second kappa shape index (κ2) is 8.42. The fourth-order valence-corrected chi connectivity index (χ4v) is 8.63. The third kappa shape index (κ3) is 3.67. The molecular weight excluding hydrogens is 415 g/mol. The van der Waals surface area contributed by atoms with Crippen molar-refractivity contribution in [2.75, 3.05) is 0 Å². The Labute approximate surface area is 180 Å². The SMILES string of the molecule is C[SiH](Cl)C1C=Cc2ccccc21.C[SiH](Cl)C1c2ccccc2-c2ccccc21. The quantitative estimate of drug-likeness (QED) is 0.302. The van der Waals surface area contributed by atoms with Gasteiger partial charge in [-0.15, -0.1) is 0 Å². The molecule has 0 radical (unpaired) electrons. The van der Waals surface area contributed by atoms with E-state index in [1.165, 1.54) is 33.4 Å². The average molecular weight is 440 g/mol. The molecule has 2 aliphatic rings. The van der Waals surface area contributed by atoms with Gasteiger partial charge >= 0.3 is 0 Å². The van der Waals surface area contributed by atoms with Crippen LogP contribution in [0.3, 0.4) is 0 Å². The highest BCUT2D eigenvalue weighted by molar-refractivity contribution is 7.07. The summed E-state index contributed by atoms with van der Waals surface area (Å²) >= 11 is 12.7. The van der Waals surface area contributed by atoms with Gasteiger partial charge in [0, 0.05) is 11.1 Å². The number of fused-ring (bicyclic) bond motifs is 4. The lowest BCUT2D eigenvalue weighted by Crippen LogP contribution is -2.12. The van der Waals surface area contributed by atoms with Crippen LogP contribution in [0.2, 0.25) is 13.1 Å². The van der Waals surface area contributed by atoms with E-state index >= 15 is 0 Å². The van der Waals surface area contributed by atoms with Crippen LogP contribution in [-0.2, 0) is 0 Å². The zero-order chi connectivity index (χ0) is 19.7. The van der Waals surface area contributed by atoms with E-state index in [2.05, 4.69) is 98.0 Å². The van der Waals surface area contributed by atoms with Gasteiger partial charge in [0.2, 0.25) is 0 Å². The van der Waals surface area contributed by atoms with E-state index < -0.39 is 16.2 Å². The van der Waals surface area contributed by atoms with Gasteiger partial charge < -0.3 is 0 Å². The third-order valence-electron chi connectivity index (χ3n) is 5.67. The van der Waals surface area contributed by atoms with Crippen LogP contribution in [0.15, 0.2) is 78.9 Å². The molecule has 3 atom stereocenters. The van der Waals surface area contributed by atoms with E-state index in [0.717, 1.165) is 0 Å². The minimum atomic E-state index is -1.22. The zero-order valence-electron chi connectivity index (χ0n) is 16.1. The van der Waals surface area contributed by atoms with Gasteiger partial charge in [-0.1, -0.05) is 98.0 Å². The molecule has 4 heteroatoms. The molecule has 0 bridgehead atoms. The topological polar surface area (TPSA) is 0 Å². The van der Waals surface area contributed by atoms with Gasteiger partial charge in [-0.25, -0.2) is 0 Å². The number of allylic oxidation sites excluding steroid dienone is 1. The first-order valence-electron chi connectivity index (χ1n) is 9.81. The van der Waals surface area contributed by atoms with Crippen molar-refractivity contribution in [2.45, 2.75) is 24.2 Å². The summed E-state index contributed by atoms with van der Waals surface area (Å²) in [6.07, 6.45) is 4.43. The molecule has 28 heavy (non-hydrogen) atoms. The Balaban J connectivity index is 0.000000143. The van der Waals surface area contributed by atoms with E-state index in [0.29, 0.717) is 11.1 Å². The van der Waals surface area contributed by atoms with Crippen LogP contribution in [-0.4, -0.2) is 16.2 Å². The first-order chi connectivity index (χ1) is 13.6. The highest BCUT2D eigenvalue weighted by atomic mass is 35.6. The smallest absolute Gasteiger partial charge is 0.149 e. The van der Waals surface area contributed by atoms with E-state index in [4.69, 9.17) is 22.2 Å². The van der Waals surface area contributed by atoms with Gasteiger partial charge in [0.05, 0.1) is 0 Å². The summed E-state index contributed by atoms with van der Waals surface area (Å²) in [6.45, 7) is 4.39. The van der Waals surface area contributed by atoms with Gasteiger partial charge in [0.15, 0.2) is 0 Å². The zero-order valence-corrected chi connectivity index (χ0v) is 20.0. The molecule has 0 spiro atoms. The first-order valence-corrected chi connectivity index (χ1v) is 16.9. The number of hydrogen-bond acceptors (Lipinski definition) is 0. The van der Waals surface area contributed by atoms with Gasteiger partial charge in [-0.05, 0) is 33.4 Å². The Morgan fingerprint density at radius 3 is 1.68 bits per heavy atom. The Hall–Kier alpha value is -1.59. The van der Waals surface area contributed by atoms with Crippen molar-refractivity contribution in [2.24, 2.45) is 0 Å². The van der Waals surface area contributed by atoms with E-state index in [1.807, 2.05) is 0 Å². The highest BCUT2D eigenvalue weighted by Gasteiger charge is 2.31. The van der Waals surface area contributed by atoms with Gasteiger partial charge in [-0.2, -0.15) is 22.2 Å². The van der Waals surface area contributed by atoms with Crippen LogP contribution in [0, 0.1) is 0 Å². The lowest BCUT2D eigenvalue weighted by Gasteiger charge is -2.14. The summed E-state index contributed by atoms with van der Waals surface area (Å²) in [6, 6.07) is 25.8. The molecule has 0 N–H and O–H groups in total. The van der Waals surface area contributed by atoms with Gasteiger partial charge in [-0.3, -0.25) is 0 Å². The predicted octanol–water partition coefficient (Wildman–Crippen LogP) is 6.86. The fraction of sp³-hybridized carbons (Fsp3) is 0.167. The predicted molar refractivity (Wildman–Crippen MR) is 130 cm³/mol. The number of halogens is 2. The largest absolute Gasteiger partial charge is 0.171 e. The highest BCUT2D eigenvalue weighted by Crippen LogP contribution is 2.46. The Morgan fingerprint density at radius 1 is 0.643 bits per heavy atom. The summed E-state index contributed by atoms with van der Waals surface area (Å²) in [4.78, 5) is 0. The first kappa shape index (κ1) is 19.7. The van der Waals surface area contributed by atoms with Crippen molar-refractivity contribution in [3.05, 3.63) is 101 Å². The molecule has 2 aliphatic carbocycles. The monoisotopic (exact) mass is 438 g/mol. The molecule has 0 aliphatic heterocycles. The number of benzene rings is 3. The van der Waals surface area contributed by atoms with Crippen molar-refractivity contribution >= 4 is 44.4 Å². The third-order valence-corrected chi connectivity index (χ3v) is 10.5. The summed E-state index contributed by atoms with van der Waals surface area (Å²) in [7, 11) is -2.30. The minimum Gasteiger partial charge on any atom is -0.171 e. The summed E-state index contributed by atoms with van der Waals surface area (Å²) in [5, 5.41) is 0. The van der Waals surface area contributed by atoms with Gasteiger partial charge in [0.1, 0.15) is 16.2 Å². The molecule has 0 saturated carbocycles. The maximum absolute atomic E-state index is 6.48. The molecular formula is C24H24Cl2Si2. The second-order valence-electron chi connectivity index (χ2n) is 7.52. The van der Waals surface area contributed by atoms with E-state index in [-0.39, 0.29) is 0 Å². The Bertz CT molecular complexity index is 965. The molecule has 3 aromatic carbocycles. The number of hydrogen-bond donors (Lipinski definition) is 0. The fourth-order valence-electron chi connectivity index (χ4n) is 4.37. The molecule has 0 heterocycles. The van der Waals surface area contributed by atoms with Crippen molar-refractivity contribution < 1.29 is 0 Å². The maximum Gasteiger partial charge on any atom is 0.149 e. The summed E-state index contributed by atoms with van der Waals surface area (Å²) < 4.78 is 0. The van der Waals surface area contributed by atoms with Crippen molar-refractivity contribution in [1.29, 1.82) is 0 Å². The molecule has 0 amide bonds. The van der Waals surface area contributed by atoms with Crippen LogP contribution >= 0.6 is 22.2 Å². The van der Waals surface area contributed by atoms with Crippen LogP contribution in [0.5, 0.6) is 0 Å². The van der Waals surface area contributed by atoms with Gasteiger partial charge in [0.25, 0.3) is 0 Å². The molecule has 142 valence electrons. The lowest BCUT2D eigenvalue weighted by atomic mass is 10.1. The standard InChI is InChI=1S/C14H13ClSi.C10H11ClSi/c1-16(15)14-12-8-4-2-6-10(12)11-7-3-5-9-13(11)14;1-12(11)10-7-6-8-4-2-3-5-9(8)10/h2-9,14,16H,1H3;2-7,10,12H,1H3. The molecule has 5 rings (SSSR count). The van der Waals surface area contributed by atoms with Crippen molar-refractivity contribution in [1.82, 2.24) is 0 Å². The van der Waals surface area contributed by atoms with Crippen molar-refractivity contribution in [3.63, 3.8) is 0 Å². The number of rotatable bonds is 2. The van der Waals surface area contributed by atoms with Crippen LogP contribution in [0.1, 0.15) is 33.3 Å². The summed E-state index contributed by atoms with van der Waals surface area (Å²) in [5.41, 5.74) is 9.41. The molecule has 0 nitrogen and oxygen atoms in total. The molecule has 3 unspecified atom stereocenters. The average Bonchev–Trinajstić information content (AvgIpc) is 3.28. The molecule has 0 aromatic heterocycles. The minimum absolute atomic E-state index is 0.481. The lowest BCUT2D eigenvalue weighted by molar-refractivity contribution is 1.17. The van der Waals surface area contributed by atoms with E-state index in [1.54, 1.807) is 0 Å². The molecule has 0 fully saturated rings. The van der Waals surface area contributed by atoms with E-state index in [9.17, 15) is 0 Å².